The van der Waals surface area contributed by atoms with Crippen LogP contribution in [0, 0.1) is 5.82 Å². The van der Waals surface area contributed by atoms with Crippen molar-refractivity contribution >= 4 is 17.5 Å². The van der Waals surface area contributed by atoms with Crippen LogP contribution in [0.3, 0.4) is 0 Å². The second-order valence-corrected chi connectivity index (χ2v) is 7.67. The van der Waals surface area contributed by atoms with Crippen molar-refractivity contribution in [3.63, 3.8) is 0 Å². The molecule has 2 fully saturated rings. The van der Waals surface area contributed by atoms with Crippen molar-refractivity contribution in [3.05, 3.63) is 65.5 Å². The fourth-order valence-electron chi connectivity index (χ4n) is 4.06. The number of carbonyl (C=O) groups excluding carboxylic acids is 2. The Hall–Kier alpha value is -2.73. The van der Waals surface area contributed by atoms with E-state index in [0.717, 1.165) is 43.9 Å². The van der Waals surface area contributed by atoms with Gasteiger partial charge in [-0.25, -0.2) is 4.39 Å². The molecule has 2 aromatic rings. The van der Waals surface area contributed by atoms with Gasteiger partial charge in [0.1, 0.15) is 5.82 Å². The number of piperazine rings is 1. The molecule has 152 valence electrons. The van der Waals surface area contributed by atoms with Crippen LogP contribution < -0.4 is 4.90 Å². The number of nitrogens with zero attached hydrogens (tertiary/aromatic N) is 3. The van der Waals surface area contributed by atoms with Gasteiger partial charge in [-0.1, -0.05) is 24.3 Å². The van der Waals surface area contributed by atoms with Gasteiger partial charge in [0.15, 0.2) is 0 Å². The summed E-state index contributed by atoms with van der Waals surface area (Å²) in [4.78, 5) is 30.8. The first-order valence-corrected chi connectivity index (χ1v) is 10.3. The third-order valence-electron chi connectivity index (χ3n) is 5.79. The molecule has 2 aliphatic rings. The zero-order chi connectivity index (χ0) is 20.2. The van der Waals surface area contributed by atoms with Gasteiger partial charge in [0.25, 0.3) is 5.91 Å². The van der Waals surface area contributed by atoms with Crippen LogP contribution in [-0.2, 0) is 11.2 Å². The molecule has 0 radical (unpaired) electrons. The Morgan fingerprint density at radius 2 is 1.76 bits per heavy atom. The molecule has 0 saturated carbocycles. The highest BCUT2D eigenvalue weighted by Gasteiger charge is 2.25. The summed E-state index contributed by atoms with van der Waals surface area (Å²) in [6.07, 6.45) is 2.12. The second-order valence-electron chi connectivity index (χ2n) is 7.67. The molecule has 2 heterocycles. The van der Waals surface area contributed by atoms with Gasteiger partial charge >= 0.3 is 0 Å². The predicted octanol–water partition coefficient (Wildman–Crippen LogP) is 2.95. The van der Waals surface area contributed by atoms with Gasteiger partial charge in [-0.2, -0.15) is 0 Å². The van der Waals surface area contributed by atoms with Crippen molar-refractivity contribution in [2.75, 3.05) is 44.2 Å². The lowest BCUT2D eigenvalue weighted by atomic mass is 10.1. The largest absolute Gasteiger partial charge is 0.336 e. The molecule has 0 atom stereocenters. The predicted molar refractivity (Wildman–Crippen MR) is 110 cm³/mol. The first-order valence-electron chi connectivity index (χ1n) is 10.3. The number of anilines is 1. The highest BCUT2D eigenvalue weighted by Crippen LogP contribution is 2.23. The molecular weight excluding hydrogens is 369 g/mol. The monoisotopic (exact) mass is 395 g/mol. The number of rotatable bonds is 5. The van der Waals surface area contributed by atoms with Crippen molar-refractivity contribution < 1.29 is 14.0 Å². The lowest BCUT2D eigenvalue weighted by Crippen LogP contribution is -2.49. The van der Waals surface area contributed by atoms with Crippen molar-refractivity contribution in [1.29, 1.82) is 0 Å². The minimum atomic E-state index is -0.155. The van der Waals surface area contributed by atoms with Crippen LogP contribution in [0.4, 0.5) is 10.1 Å². The number of hydrogen-bond acceptors (Lipinski definition) is 3. The summed E-state index contributed by atoms with van der Waals surface area (Å²) >= 11 is 0. The minimum Gasteiger partial charge on any atom is -0.336 e. The van der Waals surface area contributed by atoms with Crippen LogP contribution in [0.15, 0.2) is 48.5 Å². The molecule has 0 unspecified atom stereocenters. The molecule has 0 N–H and O–H groups in total. The van der Waals surface area contributed by atoms with Gasteiger partial charge in [0.05, 0.1) is 0 Å². The zero-order valence-electron chi connectivity index (χ0n) is 16.5. The summed E-state index contributed by atoms with van der Waals surface area (Å²) in [5.74, 6) is -0.0250. The van der Waals surface area contributed by atoms with E-state index in [0.29, 0.717) is 31.5 Å². The summed E-state index contributed by atoms with van der Waals surface area (Å²) in [5.41, 5.74) is 2.17. The smallest absolute Gasteiger partial charge is 0.254 e. The summed E-state index contributed by atoms with van der Waals surface area (Å²) in [5, 5.41) is 0. The first kappa shape index (κ1) is 19.6. The molecule has 2 aliphatic heterocycles. The van der Waals surface area contributed by atoms with E-state index in [1.165, 1.54) is 6.07 Å². The Kier molecular flexibility index (Phi) is 5.90. The molecule has 4 rings (SSSR count). The van der Waals surface area contributed by atoms with Crippen molar-refractivity contribution in [1.82, 2.24) is 9.80 Å². The second kappa shape index (κ2) is 8.74. The Morgan fingerprint density at radius 1 is 0.966 bits per heavy atom. The molecular formula is C23H26FN3O2. The highest BCUT2D eigenvalue weighted by molar-refractivity contribution is 5.99. The molecule has 0 aliphatic carbocycles. The molecule has 2 saturated heterocycles. The first-order chi connectivity index (χ1) is 14.1. The Labute approximate surface area is 170 Å². The van der Waals surface area contributed by atoms with Crippen molar-refractivity contribution in [2.45, 2.75) is 19.3 Å². The summed E-state index contributed by atoms with van der Waals surface area (Å²) in [6, 6.07) is 14.3. The van der Waals surface area contributed by atoms with E-state index in [1.807, 2.05) is 41.3 Å². The van der Waals surface area contributed by atoms with Gasteiger partial charge in [0, 0.05) is 56.9 Å². The summed E-state index contributed by atoms with van der Waals surface area (Å²) in [6.45, 7) is 4.38. The van der Waals surface area contributed by atoms with Gasteiger partial charge in [-0.05, 0) is 42.7 Å². The standard InChI is InChI=1S/C23H26FN3O2/c24-21-8-2-1-5-18(21)10-12-25-13-15-26(16-14-25)23(29)19-6-3-7-20(17-19)27-11-4-9-22(27)28/h1-3,5-8,17H,4,9-16H2. The third-order valence-corrected chi connectivity index (χ3v) is 5.79. The van der Waals surface area contributed by atoms with Gasteiger partial charge in [-0.15, -0.1) is 0 Å². The Morgan fingerprint density at radius 3 is 2.48 bits per heavy atom. The lowest BCUT2D eigenvalue weighted by molar-refractivity contribution is -0.117. The molecule has 0 spiro atoms. The van der Waals surface area contributed by atoms with E-state index in [9.17, 15) is 14.0 Å². The topological polar surface area (TPSA) is 43.9 Å². The maximum Gasteiger partial charge on any atom is 0.254 e. The van der Waals surface area contributed by atoms with Crippen LogP contribution >= 0.6 is 0 Å². The highest BCUT2D eigenvalue weighted by atomic mass is 19.1. The van der Waals surface area contributed by atoms with E-state index in [1.54, 1.807) is 11.0 Å². The van der Waals surface area contributed by atoms with Crippen LogP contribution in [0.2, 0.25) is 0 Å². The maximum atomic E-state index is 13.8. The number of carbonyl (C=O) groups is 2. The van der Waals surface area contributed by atoms with E-state index in [-0.39, 0.29) is 17.6 Å². The van der Waals surface area contributed by atoms with Crippen LogP contribution in [0.1, 0.15) is 28.8 Å². The van der Waals surface area contributed by atoms with E-state index < -0.39 is 0 Å². The average Bonchev–Trinajstić information content (AvgIpc) is 3.19. The molecule has 0 bridgehead atoms. The van der Waals surface area contributed by atoms with Crippen molar-refractivity contribution in [3.8, 4) is 0 Å². The van der Waals surface area contributed by atoms with Crippen LogP contribution in [-0.4, -0.2) is 60.9 Å². The Balaban J connectivity index is 1.32. The number of halogens is 1. The van der Waals surface area contributed by atoms with Crippen LogP contribution in [0.5, 0.6) is 0 Å². The average molecular weight is 395 g/mol. The summed E-state index contributed by atoms with van der Waals surface area (Å²) < 4.78 is 13.8. The minimum absolute atomic E-state index is 0.00671. The fourth-order valence-corrected chi connectivity index (χ4v) is 4.06. The molecule has 5 nitrogen and oxygen atoms in total. The quantitative estimate of drug-likeness (QED) is 0.782. The van der Waals surface area contributed by atoms with E-state index >= 15 is 0 Å². The van der Waals surface area contributed by atoms with E-state index in [2.05, 4.69) is 4.90 Å². The summed E-state index contributed by atoms with van der Waals surface area (Å²) in [7, 11) is 0. The normalized spacial score (nSPS) is 17.8. The van der Waals surface area contributed by atoms with Gasteiger partial charge in [-0.3, -0.25) is 14.5 Å². The molecule has 6 heteroatoms. The van der Waals surface area contributed by atoms with Gasteiger partial charge < -0.3 is 9.80 Å². The maximum absolute atomic E-state index is 13.8. The molecule has 0 aromatic heterocycles. The van der Waals surface area contributed by atoms with Gasteiger partial charge in [0.2, 0.25) is 5.91 Å². The molecule has 29 heavy (non-hydrogen) atoms. The Bertz CT molecular complexity index is 893. The van der Waals surface area contributed by atoms with Crippen molar-refractivity contribution in [2.24, 2.45) is 0 Å². The molecule has 2 amide bonds. The zero-order valence-corrected chi connectivity index (χ0v) is 16.5. The van der Waals surface area contributed by atoms with Crippen LogP contribution in [0.25, 0.3) is 0 Å². The third kappa shape index (κ3) is 4.48. The lowest BCUT2D eigenvalue weighted by Gasteiger charge is -2.35. The number of amides is 2. The number of benzene rings is 2. The number of hydrogen-bond donors (Lipinski definition) is 0. The fraction of sp³-hybridized carbons (Fsp3) is 0.391. The van der Waals surface area contributed by atoms with E-state index in [4.69, 9.17) is 0 Å². The molecule has 2 aromatic carbocycles. The SMILES string of the molecule is O=C(c1cccc(N2CCCC2=O)c1)N1CCN(CCc2ccccc2F)CC1.